The van der Waals surface area contributed by atoms with Gasteiger partial charge in [-0.15, -0.1) is 0 Å². The maximum atomic E-state index is 13.0. The molecule has 0 spiro atoms. The van der Waals surface area contributed by atoms with E-state index in [0.717, 1.165) is 35.3 Å². The van der Waals surface area contributed by atoms with Crippen LogP contribution in [0, 0.1) is 12.7 Å². The van der Waals surface area contributed by atoms with Crippen molar-refractivity contribution in [3.05, 3.63) is 65.2 Å². The van der Waals surface area contributed by atoms with E-state index in [1.807, 2.05) is 39.2 Å². The number of hydrogen-bond acceptors (Lipinski definition) is 3. The molecule has 0 saturated carbocycles. The Balaban J connectivity index is 1.85. The molecule has 1 heterocycles. The first-order valence-electron chi connectivity index (χ1n) is 8.17. The molecule has 0 unspecified atom stereocenters. The molecule has 0 aliphatic heterocycles. The van der Waals surface area contributed by atoms with Gasteiger partial charge in [0.05, 0.1) is 0 Å². The molecule has 1 aromatic heterocycles. The maximum Gasteiger partial charge on any atom is 0.255 e. The number of halogens is 1. The first-order valence-corrected chi connectivity index (χ1v) is 8.17. The zero-order chi connectivity index (χ0) is 18.0. The smallest absolute Gasteiger partial charge is 0.255 e. The topological polar surface area (TPSA) is 45.5 Å². The number of amides is 1. The van der Waals surface area contributed by atoms with Gasteiger partial charge in [0.15, 0.2) is 0 Å². The first kappa shape index (κ1) is 17.2. The quantitative estimate of drug-likeness (QED) is 0.756. The van der Waals surface area contributed by atoms with Gasteiger partial charge in [0, 0.05) is 28.7 Å². The highest BCUT2D eigenvalue weighted by Crippen LogP contribution is 2.29. The maximum absolute atomic E-state index is 13.0. The Morgan fingerprint density at radius 3 is 2.56 bits per heavy atom. The fourth-order valence-corrected chi connectivity index (χ4v) is 2.80. The Morgan fingerprint density at radius 2 is 1.88 bits per heavy atom. The van der Waals surface area contributed by atoms with E-state index in [0.29, 0.717) is 11.3 Å². The Hall–Kier alpha value is -2.66. The van der Waals surface area contributed by atoms with Crippen molar-refractivity contribution in [1.29, 1.82) is 0 Å². The second kappa shape index (κ2) is 7.07. The summed E-state index contributed by atoms with van der Waals surface area (Å²) < 4.78 is 18.8. The molecule has 0 saturated heterocycles. The van der Waals surface area contributed by atoms with Crippen LogP contribution in [0.1, 0.15) is 21.7 Å². The van der Waals surface area contributed by atoms with Gasteiger partial charge in [-0.1, -0.05) is 0 Å². The van der Waals surface area contributed by atoms with E-state index in [-0.39, 0.29) is 11.7 Å². The number of hydrogen-bond donors (Lipinski definition) is 1. The van der Waals surface area contributed by atoms with Gasteiger partial charge in [-0.2, -0.15) is 0 Å². The number of nitrogens with zero attached hydrogens (tertiary/aromatic N) is 1. The van der Waals surface area contributed by atoms with Crippen molar-refractivity contribution in [2.75, 3.05) is 26.0 Å². The Labute approximate surface area is 146 Å². The largest absolute Gasteiger partial charge is 0.461 e. The first-order chi connectivity index (χ1) is 11.9. The molecule has 3 rings (SSSR count). The molecule has 25 heavy (non-hydrogen) atoms. The molecule has 2 aromatic carbocycles. The highest BCUT2D eigenvalue weighted by atomic mass is 19.1. The number of benzene rings is 2. The summed E-state index contributed by atoms with van der Waals surface area (Å²) in [7, 11) is 4.07. The number of carbonyl (C=O) groups is 1. The van der Waals surface area contributed by atoms with Crippen LogP contribution in [-0.2, 0) is 6.42 Å². The van der Waals surface area contributed by atoms with E-state index < -0.39 is 0 Å². The summed E-state index contributed by atoms with van der Waals surface area (Å²) in [5.41, 5.74) is 3.07. The van der Waals surface area contributed by atoms with Crippen molar-refractivity contribution < 1.29 is 13.6 Å². The minimum atomic E-state index is -0.364. The summed E-state index contributed by atoms with van der Waals surface area (Å²) in [6.45, 7) is 2.88. The molecule has 3 aromatic rings. The lowest BCUT2D eigenvalue weighted by atomic mass is 10.1. The summed E-state index contributed by atoms with van der Waals surface area (Å²) >= 11 is 0. The Morgan fingerprint density at radius 1 is 1.16 bits per heavy atom. The zero-order valence-electron chi connectivity index (χ0n) is 14.6. The average Bonchev–Trinajstić information content (AvgIpc) is 2.88. The van der Waals surface area contributed by atoms with Gasteiger partial charge < -0.3 is 14.6 Å². The predicted molar refractivity (Wildman–Crippen MR) is 97.6 cm³/mol. The summed E-state index contributed by atoms with van der Waals surface area (Å²) in [6.07, 6.45) is 0.876. The van der Waals surface area contributed by atoms with E-state index in [2.05, 4.69) is 10.2 Å². The fraction of sp³-hybridized carbons (Fsp3) is 0.250. The van der Waals surface area contributed by atoms with Gasteiger partial charge in [0.1, 0.15) is 17.2 Å². The standard InChI is InChI=1S/C20H21FN2O2/c1-13-17(10-11-23(2)3)18-12-16(8-9-19(18)25-13)22-20(24)14-4-6-15(21)7-5-14/h4-9,12H,10-11H2,1-3H3,(H,22,24). The van der Waals surface area contributed by atoms with E-state index in [9.17, 15) is 9.18 Å². The molecule has 0 aliphatic rings. The molecule has 0 aliphatic carbocycles. The van der Waals surface area contributed by atoms with Crippen LogP contribution >= 0.6 is 0 Å². The number of fused-ring (bicyclic) bond motifs is 1. The van der Waals surface area contributed by atoms with Gasteiger partial charge in [-0.05, 0) is 69.9 Å². The third-order valence-corrected chi connectivity index (χ3v) is 4.17. The van der Waals surface area contributed by atoms with Gasteiger partial charge in [0.2, 0.25) is 0 Å². The highest BCUT2D eigenvalue weighted by Gasteiger charge is 2.13. The third kappa shape index (κ3) is 3.88. The van der Waals surface area contributed by atoms with Crippen molar-refractivity contribution in [3.8, 4) is 0 Å². The van der Waals surface area contributed by atoms with Crippen LogP contribution in [0.3, 0.4) is 0 Å². The molecule has 0 radical (unpaired) electrons. The second-order valence-corrected chi connectivity index (χ2v) is 6.36. The molecule has 5 heteroatoms. The number of carbonyl (C=O) groups excluding carboxylic acids is 1. The highest BCUT2D eigenvalue weighted by molar-refractivity contribution is 6.05. The SMILES string of the molecule is Cc1oc2ccc(NC(=O)c3ccc(F)cc3)cc2c1CCN(C)C. The van der Waals surface area contributed by atoms with Crippen molar-refractivity contribution >= 4 is 22.6 Å². The van der Waals surface area contributed by atoms with Crippen LogP contribution < -0.4 is 5.32 Å². The van der Waals surface area contributed by atoms with Crippen LogP contribution in [0.15, 0.2) is 46.9 Å². The van der Waals surface area contributed by atoms with Crippen molar-refractivity contribution in [3.63, 3.8) is 0 Å². The molecule has 0 atom stereocenters. The predicted octanol–water partition coefficient (Wildman–Crippen LogP) is 4.24. The lowest BCUT2D eigenvalue weighted by molar-refractivity contribution is 0.102. The molecular weight excluding hydrogens is 319 g/mol. The number of nitrogens with one attached hydrogen (secondary N) is 1. The summed E-state index contributed by atoms with van der Waals surface area (Å²) in [5.74, 6) is 0.269. The normalized spacial score (nSPS) is 11.2. The van der Waals surface area contributed by atoms with Gasteiger partial charge in [-0.25, -0.2) is 4.39 Å². The Bertz CT molecular complexity index is 898. The van der Waals surface area contributed by atoms with Crippen molar-refractivity contribution in [2.45, 2.75) is 13.3 Å². The van der Waals surface area contributed by atoms with E-state index in [1.165, 1.54) is 24.3 Å². The van der Waals surface area contributed by atoms with E-state index >= 15 is 0 Å². The number of rotatable bonds is 5. The molecule has 4 nitrogen and oxygen atoms in total. The number of anilines is 1. The van der Waals surface area contributed by atoms with Crippen LogP contribution in [0.4, 0.5) is 10.1 Å². The molecule has 1 N–H and O–H groups in total. The average molecular weight is 340 g/mol. The Kier molecular flexibility index (Phi) is 4.86. The molecule has 0 bridgehead atoms. The van der Waals surface area contributed by atoms with E-state index in [4.69, 9.17) is 4.42 Å². The number of likely N-dealkylation sites (N-methyl/N-ethyl adjacent to an activating group) is 1. The molecular formula is C20H21FN2O2. The zero-order valence-corrected chi connectivity index (χ0v) is 14.6. The van der Waals surface area contributed by atoms with Gasteiger partial charge in [0.25, 0.3) is 5.91 Å². The number of furan rings is 1. The van der Waals surface area contributed by atoms with Gasteiger partial charge in [-0.3, -0.25) is 4.79 Å². The van der Waals surface area contributed by atoms with Crippen LogP contribution in [-0.4, -0.2) is 31.4 Å². The summed E-state index contributed by atoms with van der Waals surface area (Å²) in [4.78, 5) is 14.4. The minimum Gasteiger partial charge on any atom is -0.461 e. The fourth-order valence-electron chi connectivity index (χ4n) is 2.80. The van der Waals surface area contributed by atoms with Gasteiger partial charge >= 0.3 is 0 Å². The van der Waals surface area contributed by atoms with Crippen LogP contribution in [0.2, 0.25) is 0 Å². The van der Waals surface area contributed by atoms with E-state index in [1.54, 1.807) is 0 Å². The van der Waals surface area contributed by atoms with Crippen molar-refractivity contribution in [2.24, 2.45) is 0 Å². The van der Waals surface area contributed by atoms with Crippen LogP contribution in [0.5, 0.6) is 0 Å². The molecule has 1 amide bonds. The lowest BCUT2D eigenvalue weighted by Gasteiger charge is -2.09. The monoisotopic (exact) mass is 340 g/mol. The third-order valence-electron chi connectivity index (χ3n) is 4.17. The second-order valence-electron chi connectivity index (χ2n) is 6.36. The molecule has 0 fully saturated rings. The summed E-state index contributed by atoms with van der Waals surface area (Å²) in [5, 5.41) is 3.87. The minimum absolute atomic E-state index is 0.269. The lowest BCUT2D eigenvalue weighted by Crippen LogP contribution is -2.15. The molecule has 130 valence electrons. The van der Waals surface area contributed by atoms with Crippen LogP contribution in [0.25, 0.3) is 11.0 Å². The number of aryl methyl sites for hydroxylation is 1. The summed E-state index contributed by atoms with van der Waals surface area (Å²) in [6, 6.07) is 11.1. The van der Waals surface area contributed by atoms with Crippen molar-refractivity contribution in [1.82, 2.24) is 4.90 Å².